The fraction of sp³-hybridized carbons (Fsp3) is 0.381. The number of hydrogen-bond donors (Lipinski definition) is 1. The van der Waals surface area contributed by atoms with E-state index in [2.05, 4.69) is 11.4 Å². The molecular formula is C21H24N2O4S2. The SMILES string of the molecule is Cc1ccc(S(=O)(=O)N2CCOCC2)cc1C(=O)N[C@H]1CCSc2ccccc21. The molecule has 6 nitrogen and oxygen atoms in total. The fourth-order valence-electron chi connectivity index (χ4n) is 3.67. The number of carbonyl (C=O) groups excluding carboxylic acids is 1. The Morgan fingerprint density at radius 2 is 1.93 bits per heavy atom. The van der Waals surface area contributed by atoms with Gasteiger partial charge in [-0.25, -0.2) is 8.42 Å². The van der Waals surface area contributed by atoms with Crippen LogP contribution in [0.2, 0.25) is 0 Å². The quantitative estimate of drug-likeness (QED) is 0.804. The second-order valence-corrected chi connectivity index (χ2v) is 10.3. The van der Waals surface area contributed by atoms with Crippen LogP contribution in [-0.4, -0.2) is 50.7 Å². The van der Waals surface area contributed by atoms with Crippen molar-refractivity contribution in [2.75, 3.05) is 32.1 Å². The molecule has 2 aromatic carbocycles. The zero-order valence-electron chi connectivity index (χ0n) is 16.3. The summed E-state index contributed by atoms with van der Waals surface area (Å²) in [7, 11) is -3.65. The Labute approximate surface area is 175 Å². The van der Waals surface area contributed by atoms with Crippen LogP contribution in [0.15, 0.2) is 52.3 Å². The van der Waals surface area contributed by atoms with Gasteiger partial charge in [-0.3, -0.25) is 4.79 Å². The maximum absolute atomic E-state index is 13.1. The number of aryl methyl sites for hydroxylation is 1. The zero-order valence-corrected chi connectivity index (χ0v) is 17.9. The molecule has 29 heavy (non-hydrogen) atoms. The average Bonchev–Trinajstić information content (AvgIpc) is 2.75. The maximum Gasteiger partial charge on any atom is 0.252 e. The summed E-state index contributed by atoms with van der Waals surface area (Å²) in [6.45, 7) is 3.25. The van der Waals surface area contributed by atoms with Gasteiger partial charge in [0, 0.05) is 29.3 Å². The summed E-state index contributed by atoms with van der Waals surface area (Å²) in [5.41, 5.74) is 2.27. The minimum Gasteiger partial charge on any atom is -0.379 e. The number of nitrogens with one attached hydrogen (secondary N) is 1. The third kappa shape index (κ3) is 4.21. The van der Waals surface area contributed by atoms with Crippen molar-refractivity contribution < 1.29 is 17.9 Å². The number of thioether (sulfide) groups is 1. The molecule has 0 unspecified atom stereocenters. The summed E-state index contributed by atoms with van der Waals surface area (Å²) < 4.78 is 32.6. The van der Waals surface area contributed by atoms with E-state index in [4.69, 9.17) is 4.74 Å². The largest absolute Gasteiger partial charge is 0.379 e. The zero-order chi connectivity index (χ0) is 20.4. The molecule has 1 amide bonds. The normalized spacial score (nSPS) is 20.1. The lowest BCUT2D eigenvalue weighted by molar-refractivity contribution is 0.0730. The van der Waals surface area contributed by atoms with Crippen molar-refractivity contribution >= 4 is 27.7 Å². The van der Waals surface area contributed by atoms with Crippen LogP contribution < -0.4 is 5.32 Å². The molecule has 0 radical (unpaired) electrons. The van der Waals surface area contributed by atoms with Gasteiger partial charge in [0.05, 0.1) is 24.2 Å². The second-order valence-electron chi connectivity index (χ2n) is 7.19. The highest BCUT2D eigenvalue weighted by Gasteiger charge is 2.28. The van der Waals surface area contributed by atoms with E-state index in [0.717, 1.165) is 23.3 Å². The van der Waals surface area contributed by atoms with Gasteiger partial charge in [-0.05, 0) is 42.7 Å². The molecule has 1 saturated heterocycles. The van der Waals surface area contributed by atoms with Crippen LogP contribution in [0.4, 0.5) is 0 Å². The molecule has 154 valence electrons. The predicted molar refractivity (Wildman–Crippen MR) is 113 cm³/mol. The molecule has 4 rings (SSSR count). The molecule has 0 aliphatic carbocycles. The van der Waals surface area contributed by atoms with Gasteiger partial charge in [-0.15, -0.1) is 11.8 Å². The van der Waals surface area contributed by atoms with Crippen molar-refractivity contribution in [3.63, 3.8) is 0 Å². The molecule has 2 heterocycles. The van der Waals surface area contributed by atoms with E-state index in [0.29, 0.717) is 31.9 Å². The van der Waals surface area contributed by atoms with Crippen LogP contribution in [0.3, 0.4) is 0 Å². The van der Waals surface area contributed by atoms with Crippen molar-refractivity contribution in [3.8, 4) is 0 Å². The highest BCUT2D eigenvalue weighted by atomic mass is 32.2. The summed E-state index contributed by atoms with van der Waals surface area (Å²) in [6, 6.07) is 12.8. The number of hydrogen-bond acceptors (Lipinski definition) is 5. The molecule has 1 atom stereocenters. The monoisotopic (exact) mass is 432 g/mol. The van der Waals surface area contributed by atoms with Crippen LogP contribution in [0.5, 0.6) is 0 Å². The highest BCUT2D eigenvalue weighted by Crippen LogP contribution is 2.36. The summed E-state index contributed by atoms with van der Waals surface area (Å²) in [5.74, 6) is 0.695. The number of ether oxygens (including phenoxy) is 1. The third-order valence-electron chi connectivity index (χ3n) is 5.33. The van der Waals surface area contributed by atoms with Gasteiger partial charge < -0.3 is 10.1 Å². The van der Waals surface area contributed by atoms with Crippen molar-refractivity contribution in [2.45, 2.75) is 29.2 Å². The van der Waals surface area contributed by atoms with E-state index in [-0.39, 0.29) is 16.8 Å². The minimum absolute atomic E-state index is 0.0705. The fourth-order valence-corrected chi connectivity index (χ4v) is 6.23. The lowest BCUT2D eigenvalue weighted by Crippen LogP contribution is -2.40. The minimum atomic E-state index is -3.65. The Bertz CT molecular complexity index is 1020. The Morgan fingerprint density at radius 1 is 1.17 bits per heavy atom. The van der Waals surface area contributed by atoms with Crippen molar-refractivity contribution in [3.05, 3.63) is 59.2 Å². The maximum atomic E-state index is 13.1. The van der Waals surface area contributed by atoms with Crippen LogP contribution in [0, 0.1) is 6.92 Å². The molecule has 1 fully saturated rings. The first kappa shape index (κ1) is 20.4. The molecule has 2 aliphatic heterocycles. The Kier molecular flexibility index (Phi) is 5.96. The van der Waals surface area contributed by atoms with E-state index >= 15 is 0 Å². The molecule has 8 heteroatoms. The van der Waals surface area contributed by atoms with E-state index in [1.165, 1.54) is 15.3 Å². The van der Waals surface area contributed by atoms with E-state index in [1.807, 2.05) is 25.1 Å². The summed E-state index contributed by atoms with van der Waals surface area (Å²) >= 11 is 1.79. The van der Waals surface area contributed by atoms with E-state index < -0.39 is 10.0 Å². The standard InChI is InChI=1S/C21H24N2O4S2/c1-15-6-7-16(29(25,26)23-9-11-27-12-10-23)14-18(15)21(24)22-19-8-13-28-20-5-3-2-4-17(19)20/h2-7,14,19H,8-13H2,1H3,(H,22,24)/t19-/m0/s1. The van der Waals surface area contributed by atoms with Crippen molar-refractivity contribution in [1.82, 2.24) is 9.62 Å². The average molecular weight is 433 g/mol. The Balaban J connectivity index is 1.59. The number of morpholine rings is 1. The number of fused-ring (bicyclic) bond motifs is 1. The molecule has 0 bridgehead atoms. The van der Waals surface area contributed by atoms with Crippen LogP contribution in [-0.2, 0) is 14.8 Å². The highest BCUT2D eigenvalue weighted by molar-refractivity contribution is 7.99. The van der Waals surface area contributed by atoms with Crippen LogP contribution >= 0.6 is 11.8 Å². The van der Waals surface area contributed by atoms with E-state index in [9.17, 15) is 13.2 Å². The number of benzene rings is 2. The molecule has 0 spiro atoms. The van der Waals surface area contributed by atoms with Crippen molar-refractivity contribution in [1.29, 1.82) is 0 Å². The van der Waals surface area contributed by atoms with Gasteiger partial charge in [0.25, 0.3) is 5.91 Å². The predicted octanol–water partition coefficient (Wildman–Crippen LogP) is 2.98. The number of rotatable bonds is 4. The van der Waals surface area contributed by atoms with Gasteiger partial charge in [0.1, 0.15) is 0 Å². The molecular weight excluding hydrogens is 408 g/mol. The first-order chi connectivity index (χ1) is 14.0. The van der Waals surface area contributed by atoms with Crippen molar-refractivity contribution in [2.24, 2.45) is 0 Å². The Hall–Kier alpha value is -1.87. The summed E-state index contributed by atoms with van der Waals surface area (Å²) in [4.78, 5) is 14.4. The molecule has 2 aliphatic rings. The topological polar surface area (TPSA) is 75.7 Å². The van der Waals surface area contributed by atoms with Crippen LogP contribution in [0.25, 0.3) is 0 Å². The first-order valence-corrected chi connectivity index (χ1v) is 12.1. The van der Waals surface area contributed by atoms with Crippen LogP contribution in [0.1, 0.15) is 33.9 Å². The van der Waals surface area contributed by atoms with Gasteiger partial charge in [-0.2, -0.15) is 4.31 Å². The second kappa shape index (κ2) is 8.47. The van der Waals surface area contributed by atoms with Gasteiger partial charge in [-0.1, -0.05) is 24.3 Å². The number of amides is 1. The summed E-state index contributed by atoms with van der Waals surface area (Å²) in [6.07, 6.45) is 0.845. The molecule has 0 aromatic heterocycles. The lowest BCUT2D eigenvalue weighted by atomic mass is 10.0. The van der Waals surface area contributed by atoms with Gasteiger partial charge in [0.2, 0.25) is 10.0 Å². The Morgan fingerprint density at radius 3 is 2.72 bits per heavy atom. The number of carbonyl (C=O) groups is 1. The lowest BCUT2D eigenvalue weighted by Gasteiger charge is -2.27. The smallest absolute Gasteiger partial charge is 0.252 e. The third-order valence-corrected chi connectivity index (χ3v) is 8.34. The molecule has 0 saturated carbocycles. The van der Waals surface area contributed by atoms with Gasteiger partial charge in [0.15, 0.2) is 0 Å². The van der Waals surface area contributed by atoms with Gasteiger partial charge >= 0.3 is 0 Å². The molecule has 1 N–H and O–H groups in total. The molecule has 2 aromatic rings. The van der Waals surface area contributed by atoms with E-state index in [1.54, 1.807) is 23.9 Å². The number of sulfonamides is 1. The summed E-state index contributed by atoms with van der Waals surface area (Å²) in [5, 5.41) is 3.11. The first-order valence-electron chi connectivity index (χ1n) is 9.68. The number of nitrogens with zero attached hydrogens (tertiary/aromatic N) is 1.